The number of benzene rings is 1. The molecule has 300 valence electrons. The summed E-state index contributed by atoms with van der Waals surface area (Å²) in [5, 5.41) is 13.6. The molecule has 55 heavy (non-hydrogen) atoms. The van der Waals surface area contributed by atoms with E-state index in [2.05, 4.69) is 59.9 Å². The van der Waals surface area contributed by atoms with E-state index in [-0.39, 0.29) is 63.2 Å². The number of hydrogen-bond donors (Lipinski definition) is 2. The number of hydrogen-bond acceptors (Lipinski definition) is 5. The highest BCUT2D eigenvalue weighted by Gasteiger charge is 2.70. The first-order valence-corrected chi connectivity index (χ1v) is 21.4. The van der Waals surface area contributed by atoms with Gasteiger partial charge < -0.3 is 15.2 Å². The van der Waals surface area contributed by atoms with Gasteiger partial charge in [-0.1, -0.05) is 78.3 Å². The maximum absolute atomic E-state index is 14.1. The predicted octanol–water partition coefficient (Wildman–Crippen LogP) is 10.4. The number of Topliss-reactive ketones (excluding diaryl/α,β-unsaturated/α-hetero) is 1. The van der Waals surface area contributed by atoms with Gasteiger partial charge in [0, 0.05) is 22.3 Å². The van der Waals surface area contributed by atoms with Crippen molar-refractivity contribution in [1.82, 2.24) is 5.32 Å². The monoisotopic (exact) mass is 773 g/mol. The molecule has 1 amide bonds. The van der Waals surface area contributed by atoms with Gasteiger partial charge in [-0.25, -0.2) is 0 Å². The summed E-state index contributed by atoms with van der Waals surface area (Å²) in [6.07, 6.45) is 13.6. The Hall–Kier alpha value is -2.93. The molecular weight excluding hydrogens is 710 g/mol. The summed E-state index contributed by atoms with van der Waals surface area (Å²) in [6, 6.07) is 7.76. The van der Waals surface area contributed by atoms with Crippen LogP contribution < -0.4 is 5.32 Å². The van der Waals surface area contributed by atoms with Gasteiger partial charge in [0.2, 0.25) is 5.91 Å². The summed E-state index contributed by atoms with van der Waals surface area (Å²) in [5.74, 6) is -0.0278. The number of allylic oxidation sites excluding steroid dienone is 3. The van der Waals surface area contributed by atoms with Crippen molar-refractivity contribution in [3.63, 3.8) is 0 Å². The van der Waals surface area contributed by atoms with Crippen LogP contribution >= 0.6 is 11.6 Å². The van der Waals surface area contributed by atoms with E-state index in [0.29, 0.717) is 23.3 Å². The molecule has 1 unspecified atom stereocenters. The molecule has 0 aliphatic heterocycles. The SMILES string of the molecule is CC(C)C1=C2[C@H]3CC[C@@H]4[C@@]5(C)CC[C@H](OC(=O)CC(C)(C)C(=O)O)C(C)(C)C5CC[C@@]4(C)[C@]3(C)CC[C@@]2(/C=C/C(=O)NC2(c3ccc(Cl)cc3)CC2)CC1=O. The normalized spacial score (nSPS) is 37.5. The number of rotatable bonds is 9. The van der Waals surface area contributed by atoms with E-state index in [1.165, 1.54) is 5.57 Å². The van der Waals surface area contributed by atoms with E-state index in [1.807, 2.05) is 24.3 Å². The number of carbonyl (C=O) groups excluding carboxylic acids is 3. The number of fused-ring (bicyclic) bond motifs is 7. The zero-order valence-corrected chi connectivity index (χ0v) is 35.5. The second kappa shape index (κ2) is 13.3. The van der Waals surface area contributed by atoms with Gasteiger partial charge in [0.25, 0.3) is 0 Å². The Kier molecular flexibility index (Phi) is 9.75. The number of halogens is 1. The molecule has 1 aromatic carbocycles. The Morgan fingerprint density at radius 3 is 2.20 bits per heavy atom. The molecule has 7 rings (SSSR count). The average molecular weight is 774 g/mol. The molecule has 6 aliphatic carbocycles. The first kappa shape index (κ1) is 40.3. The predicted molar refractivity (Wildman–Crippen MR) is 215 cm³/mol. The highest BCUT2D eigenvalue weighted by molar-refractivity contribution is 6.30. The Balaban J connectivity index is 1.14. The molecule has 8 heteroatoms. The van der Waals surface area contributed by atoms with Crippen LogP contribution in [0.1, 0.15) is 145 Å². The third kappa shape index (κ3) is 6.27. The first-order chi connectivity index (χ1) is 25.6. The second-order valence-electron chi connectivity index (χ2n) is 21.0. The number of amides is 1. The van der Waals surface area contributed by atoms with E-state index in [1.54, 1.807) is 19.9 Å². The molecule has 5 fully saturated rings. The first-order valence-electron chi connectivity index (χ1n) is 21.0. The van der Waals surface area contributed by atoms with Crippen LogP contribution in [0.25, 0.3) is 0 Å². The smallest absolute Gasteiger partial charge is 0.309 e. The van der Waals surface area contributed by atoms with E-state index in [4.69, 9.17) is 16.3 Å². The maximum Gasteiger partial charge on any atom is 0.309 e. The number of carboxylic acids is 1. The number of ketones is 1. The fourth-order valence-electron chi connectivity index (χ4n) is 13.6. The van der Waals surface area contributed by atoms with Gasteiger partial charge in [0.15, 0.2) is 5.78 Å². The van der Waals surface area contributed by atoms with Crippen molar-refractivity contribution in [2.75, 3.05) is 0 Å². The lowest BCUT2D eigenvalue weighted by Gasteiger charge is -2.72. The molecule has 0 radical (unpaired) electrons. The second-order valence-corrected chi connectivity index (χ2v) is 21.4. The molecule has 0 bridgehead atoms. The third-order valence-electron chi connectivity index (χ3n) is 16.9. The average Bonchev–Trinajstić information content (AvgIpc) is 3.80. The number of aliphatic carboxylic acids is 1. The van der Waals surface area contributed by atoms with E-state index in [9.17, 15) is 24.3 Å². The summed E-state index contributed by atoms with van der Waals surface area (Å²) in [5.41, 5.74) is 1.32. The molecule has 0 spiro atoms. The lowest BCUT2D eigenvalue weighted by molar-refractivity contribution is -0.232. The topological polar surface area (TPSA) is 110 Å². The number of esters is 1. The van der Waals surface area contributed by atoms with Crippen molar-refractivity contribution in [2.45, 2.75) is 151 Å². The molecule has 0 aromatic heterocycles. The van der Waals surface area contributed by atoms with Gasteiger partial charge in [0.1, 0.15) is 6.10 Å². The van der Waals surface area contributed by atoms with E-state index in [0.717, 1.165) is 75.3 Å². The van der Waals surface area contributed by atoms with Gasteiger partial charge in [-0.3, -0.25) is 19.2 Å². The van der Waals surface area contributed by atoms with Crippen molar-refractivity contribution in [1.29, 1.82) is 0 Å². The minimum absolute atomic E-state index is 0.00782. The lowest BCUT2D eigenvalue weighted by Crippen LogP contribution is -2.65. The van der Waals surface area contributed by atoms with Crippen molar-refractivity contribution in [3.05, 3.63) is 58.1 Å². The Bertz CT molecular complexity index is 1840. The van der Waals surface area contributed by atoms with Crippen molar-refractivity contribution >= 4 is 35.2 Å². The van der Waals surface area contributed by atoms with Crippen LogP contribution in [0.4, 0.5) is 0 Å². The van der Waals surface area contributed by atoms with Crippen molar-refractivity contribution in [2.24, 2.45) is 56.2 Å². The highest BCUT2D eigenvalue weighted by Crippen LogP contribution is 2.77. The lowest BCUT2D eigenvalue weighted by atomic mass is 9.33. The minimum atomic E-state index is -1.17. The Morgan fingerprint density at radius 1 is 0.909 bits per heavy atom. The van der Waals surface area contributed by atoms with Gasteiger partial charge in [-0.15, -0.1) is 0 Å². The molecule has 0 saturated heterocycles. The summed E-state index contributed by atoms with van der Waals surface area (Å²) in [6.45, 7) is 19.6. The van der Waals surface area contributed by atoms with Crippen LogP contribution in [-0.4, -0.2) is 34.8 Å². The minimum Gasteiger partial charge on any atom is -0.481 e. The summed E-state index contributed by atoms with van der Waals surface area (Å²) >= 11 is 6.16. The zero-order valence-electron chi connectivity index (χ0n) is 34.7. The van der Waals surface area contributed by atoms with Crippen LogP contribution in [0.3, 0.4) is 0 Å². The van der Waals surface area contributed by atoms with Gasteiger partial charge in [0.05, 0.1) is 17.4 Å². The molecular formula is C47H64ClNO6. The fraction of sp³-hybridized carbons (Fsp3) is 0.702. The largest absolute Gasteiger partial charge is 0.481 e. The summed E-state index contributed by atoms with van der Waals surface area (Å²) in [7, 11) is 0. The van der Waals surface area contributed by atoms with Crippen molar-refractivity contribution < 1.29 is 29.0 Å². The number of nitrogens with one attached hydrogen (secondary N) is 1. The third-order valence-corrected chi connectivity index (χ3v) is 17.2. The highest BCUT2D eigenvalue weighted by atomic mass is 35.5. The fourth-order valence-corrected chi connectivity index (χ4v) is 13.7. The molecule has 2 N–H and O–H groups in total. The van der Waals surface area contributed by atoms with Crippen LogP contribution in [-0.2, 0) is 29.5 Å². The van der Waals surface area contributed by atoms with Crippen LogP contribution in [0.15, 0.2) is 47.6 Å². The van der Waals surface area contributed by atoms with Gasteiger partial charge in [-0.2, -0.15) is 0 Å². The molecule has 0 heterocycles. The standard InChI is InChI=1S/C47H64ClNO6/c1-28(2)38-32(50)26-46(21-18-36(51)49-47(24-25-47)29-10-12-30(48)13-11-29)23-22-44(8)31(39(38)46)14-15-34-43(7)19-17-35(55-37(52)27-41(3,4)40(53)54)42(5,6)33(43)16-20-45(34,44)9/h10-13,18,21,28,31,33-35H,14-17,19-20,22-27H2,1-9H3,(H,49,51)(H,53,54)/b21-18+/t31-,33?,34-,35+,43+,44-,45-,46+/m1/s1. The molecule has 7 nitrogen and oxygen atoms in total. The van der Waals surface area contributed by atoms with Crippen LogP contribution in [0.5, 0.6) is 0 Å². The molecule has 8 atom stereocenters. The number of carboxylic acid groups (broad SMARTS) is 1. The van der Waals surface area contributed by atoms with E-state index >= 15 is 0 Å². The van der Waals surface area contributed by atoms with E-state index < -0.39 is 22.8 Å². The van der Waals surface area contributed by atoms with Gasteiger partial charge >= 0.3 is 11.9 Å². The van der Waals surface area contributed by atoms with Crippen LogP contribution in [0.2, 0.25) is 5.02 Å². The maximum atomic E-state index is 14.1. The van der Waals surface area contributed by atoms with Crippen LogP contribution in [0, 0.1) is 56.2 Å². The van der Waals surface area contributed by atoms with Crippen molar-refractivity contribution in [3.8, 4) is 0 Å². The quantitative estimate of drug-likeness (QED) is 0.191. The number of carbonyl (C=O) groups is 4. The Morgan fingerprint density at radius 2 is 1.58 bits per heavy atom. The molecule has 6 aliphatic rings. The summed E-state index contributed by atoms with van der Waals surface area (Å²) in [4.78, 5) is 52.6. The zero-order chi connectivity index (χ0) is 40.1. The summed E-state index contributed by atoms with van der Waals surface area (Å²) < 4.78 is 6.17. The molecule has 1 aromatic rings. The Labute approximate surface area is 333 Å². The number of ether oxygens (including phenoxy) is 1. The van der Waals surface area contributed by atoms with Gasteiger partial charge in [-0.05, 0) is 153 Å². The molecule has 5 saturated carbocycles.